The fourth-order valence-corrected chi connectivity index (χ4v) is 2.65. The summed E-state index contributed by atoms with van der Waals surface area (Å²) in [5.41, 5.74) is 0.187. The average molecular weight is 278 g/mol. The number of carbonyl (C=O) groups is 2. The fraction of sp³-hybridized carbons (Fsp3) is 0.467. The Bertz CT molecular complexity index is 529. The zero-order valence-corrected chi connectivity index (χ0v) is 11.4. The monoisotopic (exact) mass is 278 g/mol. The third-order valence-electron chi connectivity index (χ3n) is 3.72. The smallest absolute Gasteiger partial charge is 0.339 e. The van der Waals surface area contributed by atoms with Gasteiger partial charge in [-0.25, -0.2) is 9.59 Å². The topological polar surface area (TPSA) is 83.8 Å². The SMILES string of the molecule is Cc1c(C(=O)O)ccc(OC2CCCCC2)c1C(=O)O. The quantitative estimate of drug-likeness (QED) is 0.884. The maximum absolute atomic E-state index is 11.4. The van der Waals surface area contributed by atoms with E-state index in [1.807, 2.05) is 0 Å². The Morgan fingerprint density at radius 2 is 1.75 bits per heavy atom. The summed E-state index contributed by atoms with van der Waals surface area (Å²) in [6, 6.07) is 2.86. The molecule has 5 heteroatoms. The molecule has 0 bridgehead atoms. The van der Waals surface area contributed by atoms with E-state index < -0.39 is 11.9 Å². The normalized spacial score (nSPS) is 15.8. The Morgan fingerprint density at radius 1 is 1.10 bits per heavy atom. The van der Waals surface area contributed by atoms with Crippen molar-refractivity contribution in [2.45, 2.75) is 45.1 Å². The molecule has 1 fully saturated rings. The average Bonchev–Trinajstić information content (AvgIpc) is 2.39. The van der Waals surface area contributed by atoms with Gasteiger partial charge < -0.3 is 14.9 Å². The number of aromatic carboxylic acids is 2. The highest BCUT2D eigenvalue weighted by Crippen LogP contribution is 2.29. The lowest BCUT2D eigenvalue weighted by Gasteiger charge is -2.24. The van der Waals surface area contributed by atoms with Crippen LogP contribution in [0, 0.1) is 6.92 Å². The molecule has 2 N–H and O–H groups in total. The van der Waals surface area contributed by atoms with E-state index in [2.05, 4.69) is 0 Å². The molecule has 0 aliphatic heterocycles. The van der Waals surface area contributed by atoms with Crippen molar-refractivity contribution < 1.29 is 24.5 Å². The summed E-state index contributed by atoms with van der Waals surface area (Å²) >= 11 is 0. The number of rotatable bonds is 4. The van der Waals surface area contributed by atoms with E-state index in [0.717, 1.165) is 25.7 Å². The second-order valence-corrected chi connectivity index (χ2v) is 5.10. The highest BCUT2D eigenvalue weighted by molar-refractivity contribution is 5.98. The molecule has 0 unspecified atom stereocenters. The van der Waals surface area contributed by atoms with Gasteiger partial charge in [0.1, 0.15) is 11.3 Å². The van der Waals surface area contributed by atoms with Crippen molar-refractivity contribution in [1.82, 2.24) is 0 Å². The number of carboxylic acids is 2. The minimum Gasteiger partial charge on any atom is -0.490 e. The van der Waals surface area contributed by atoms with Gasteiger partial charge in [-0.15, -0.1) is 0 Å². The van der Waals surface area contributed by atoms with Crippen LogP contribution in [0.3, 0.4) is 0 Å². The summed E-state index contributed by atoms with van der Waals surface area (Å²) in [4.78, 5) is 22.5. The van der Waals surface area contributed by atoms with Crippen LogP contribution in [0.1, 0.15) is 58.4 Å². The Balaban J connectivity index is 2.34. The molecule has 1 aliphatic rings. The van der Waals surface area contributed by atoms with Gasteiger partial charge in [0.05, 0.1) is 11.7 Å². The van der Waals surface area contributed by atoms with Gasteiger partial charge in [-0.05, 0) is 50.3 Å². The molecule has 20 heavy (non-hydrogen) atoms. The Labute approximate surface area is 117 Å². The lowest BCUT2D eigenvalue weighted by Crippen LogP contribution is -2.21. The van der Waals surface area contributed by atoms with E-state index in [1.54, 1.807) is 0 Å². The molecule has 1 aliphatic carbocycles. The third-order valence-corrected chi connectivity index (χ3v) is 3.72. The van der Waals surface area contributed by atoms with E-state index in [1.165, 1.54) is 25.5 Å². The van der Waals surface area contributed by atoms with Crippen LogP contribution in [0.25, 0.3) is 0 Å². The summed E-state index contributed by atoms with van der Waals surface area (Å²) in [6.45, 7) is 1.50. The van der Waals surface area contributed by atoms with Crippen LogP contribution in [0.5, 0.6) is 5.75 Å². The number of ether oxygens (including phenoxy) is 1. The van der Waals surface area contributed by atoms with Gasteiger partial charge in [0, 0.05) is 0 Å². The molecule has 0 spiro atoms. The van der Waals surface area contributed by atoms with E-state index in [0.29, 0.717) is 0 Å². The maximum Gasteiger partial charge on any atom is 0.339 e. The van der Waals surface area contributed by atoms with Gasteiger partial charge in [-0.1, -0.05) is 6.42 Å². The van der Waals surface area contributed by atoms with Gasteiger partial charge in [0.2, 0.25) is 0 Å². The van der Waals surface area contributed by atoms with E-state index in [-0.39, 0.29) is 28.5 Å². The van der Waals surface area contributed by atoms with Gasteiger partial charge in [-0.3, -0.25) is 0 Å². The zero-order chi connectivity index (χ0) is 14.7. The lowest BCUT2D eigenvalue weighted by atomic mass is 9.97. The van der Waals surface area contributed by atoms with Crippen LogP contribution >= 0.6 is 0 Å². The molecule has 5 nitrogen and oxygen atoms in total. The second-order valence-electron chi connectivity index (χ2n) is 5.10. The number of benzene rings is 1. The molecule has 0 heterocycles. The van der Waals surface area contributed by atoms with Gasteiger partial charge in [0.25, 0.3) is 0 Å². The Hall–Kier alpha value is -2.04. The summed E-state index contributed by atoms with van der Waals surface area (Å²) < 4.78 is 5.79. The third kappa shape index (κ3) is 2.92. The van der Waals surface area contributed by atoms with Crippen LogP contribution in [-0.2, 0) is 0 Å². The molecule has 1 aromatic carbocycles. The second kappa shape index (κ2) is 5.94. The molecule has 2 rings (SSSR count). The van der Waals surface area contributed by atoms with Crippen LogP contribution in [0.15, 0.2) is 12.1 Å². The molecule has 0 atom stereocenters. The molecular formula is C15H18O5. The fourth-order valence-electron chi connectivity index (χ4n) is 2.65. The largest absolute Gasteiger partial charge is 0.490 e. The lowest BCUT2D eigenvalue weighted by molar-refractivity contribution is 0.0685. The first-order chi connectivity index (χ1) is 9.50. The Kier molecular flexibility index (Phi) is 4.27. The van der Waals surface area contributed by atoms with Crippen LogP contribution in [0.2, 0.25) is 0 Å². The molecule has 0 aromatic heterocycles. The van der Waals surface area contributed by atoms with Crippen molar-refractivity contribution in [2.24, 2.45) is 0 Å². The van der Waals surface area contributed by atoms with Crippen LogP contribution in [-0.4, -0.2) is 28.3 Å². The van der Waals surface area contributed by atoms with E-state index in [4.69, 9.17) is 9.84 Å². The summed E-state index contributed by atoms with van der Waals surface area (Å²) in [7, 11) is 0. The standard InChI is InChI=1S/C15H18O5/c1-9-11(14(16)17)7-8-12(13(9)15(18)19)20-10-5-3-2-4-6-10/h7-8,10H,2-6H2,1H3,(H,16,17)(H,18,19). The Morgan fingerprint density at radius 3 is 2.30 bits per heavy atom. The van der Waals surface area contributed by atoms with Gasteiger partial charge in [-0.2, -0.15) is 0 Å². The number of hydrogen-bond donors (Lipinski definition) is 2. The van der Waals surface area contributed by atoms with Crippen LogP contribution < -0.4 is 4.74 Å². The van der Waals surface area contributed by atoms with Crippen LogP contribution in [0.4, 0.5) is 0 Å². The molecule has 108 valence electrons. The maximum atomic E-state index is 11.4. The molecule has 1 aromatic rings. The number of hydrogen-bond acceptors (Lipinski definition) is 3. The first kappa shape index (κ1) is 14.4. The summed E-state index contributed by atoms with van der Waals surface area (Å²) in [5, 5.41) is 18.4. The summed E-state index contributed by atoms with van der Waals surface area (Å²) in [6.07, 6.45) is 5.20. The van der Waals surface area contributed by atoms with E-state index >= 15 is 0 Å². The van der Waals surface area contributed by atoms with Crippen molar-refractivity contribution in [3.63, 3.8) is 0 Å². The first-order valence-corrected chi connectivity index (χ1v) is 6.77. The highest BCUT2D eigenvalue weighted by Gasteiger charge is 2.23. The van der Waals surface area contributed by atoms with Gasteiger partial charge in [0.15, 0.2) is 0 Å². The molecule has 0 radical (unpaired) electrons. The van der Waals surface area contributed by atoms with Crippen molar-refractivity contribution in [3.8, 4) is 5.75 Å². The van der Waals surface area contributed by atoms with Crippen molar-refractivity contribution in [3.05, 3.63) is 28.8 Å². The zero-order valence-electron chi connectivity index (χ0n) is 11.4. The van der Waals surface area contributed by atoms with Gasteiger partial charge >= 0.3 is 11.9 Å². The van der Waals surface area contributed by atoms with Crippen molar-refractivity contribution in [1.29, 1.82) is 0 Å². The minimum atomic E-state index is -1.16. The summed E-state index contributed by atoms with van der Waals surface area (Å²) in [5.74, 6) is -2.02. The highest BCUT2D eigenvalue weighted by atomic mass is 16.5. The molecular weight excluding hydrogens is 260 g/mol. The minimum absolute atomic E-state index is 0.00149. The molecule has 0 saturated heterocycles. The van der Waals surface area contributed by atoms with Crippen molar-refractivity contribution in [2.75, 3.05) is 0 Å². The predicted octanol–water partition coefficient (Wildman–Crippen LogP) is 3.10. The first-order valence-electron chi connectivity index (χ1n) is 6.77. The number of carboxylic acid groups (broad SMARTS) is 2. The van der Waals surface area contributed by atoms with E-state index in [9.17, 15) is 14.7 Å². The van der Waals surface area contributed by atoms with Crippen molar-refractivity contribution >= 4 is 11.9 Å². The molecule has 1 saturated carbocycles. The molecule has 0 amide bonds. The predicted molar refractivity (Wildman–Crippen MR) is 72.6 cm³/mol.